The number of amides is 1. The van der Waals surface area contributed by atoms with E-state index in [1.807, 2.05) is 55.5 Å². The van der Waals surface area contributed by atoms with Crippen LogP contribution in [0.3, 0.4) is 0 Å². The fraction of sp³-hybridized carbons (Fsp3) is 0.385. The molecule has 0 saturated carbocycles. The van der Waals surface area contributed by atoms with E-state index in [-0.39, 0.29) is 17.6 Å². The zero-order valence-corrected chi connectivity index (χ0v) is 19.6. The first-order valence-electron chi connectivity index (χ1n) is 11.5. The summed E-state index contributed by atoms with van der Waals surface area (Å²) in [5, 5.41) is 3.63. The van der Waals surface area contributed by atoms with Gasteiger partial charge in [-0.05, 0) is 25.3 Å². The zero-order valence-electron chi connectivity index (χ0n) is 18.8. The second-order valence-electron chi connectivity index (χ2n) is 8.81. The van der Waals surface area contributed by atoms with Gasteiger partial charge >= 0.3 is 0 Å². The van der Waals surface area contributed by atoms with E-state index < -0.39 is 0 Å². The number of hydrogen-bond acceptors (Lipinski definition) is 6. The van der Waals surface area contributed by atoms with Crippen LogP contribution >= 0.6 is 11.3 Å². The molecule has 2 fully saturated rings. The molecule has 2 aliphatic rings. The SMILES string of the molecule is Cc1sc(NC(=O)CN2C[C@H](OCc3ccccc3)[C@]3(CCCO3)C2)nc1-c1ccccc1. The van der Waals surface area contributed by atoms with Crippen LogP contribution in [-0.4, -0.2) is 53.7 Å². The van der Waals surface area contributed by atoms with E-state index in [1.54, 1.807) is 0 Å². The molecule has 1 N–H and O–H groups in total. The summed E-state index contributed by atoms with van der Waals surface area (Å²) in [6.45, 7) is 5.04. The van der Waals surface area contributed by atoms with Gasteiger partial charge < -0.3 is 14.8 Å². The average molecular weight is 464 g/mol. The number of thiazole rings is 1. The molecule has 2 aromatic carbocycles. The molecule has 0 unspecified atom stereocenters. The number of nitrogens with zero attached hydrogens (tertiary/aromatic N) is 2. The van der Waals surface area contributed by atoms with Crippen LogP contribution in [0.25, 0.3) is 11.3 Å². The van der Waals surface area contributed by atoms with Crippen LogP contribution in [0.1, 0.15) is 23.3 Å². The molecule has 0 bridgehead atoms. The smallest absolute Gasteiger partial charge is 0.240 e. The minimum absolute atomic E-state index is 0.0419. The summed E-state index contributed by atoms with van der Waals surface area (Å²) in [7, 11) is 0. The number of rotatable bonds is 7. The molecule has 33 heavy (non-hydrogen) atoms. The van der Waals surface area contributed by atoms with Gasteiger partial charge in [-0.2, -0.15) is 0 Å². The van der Waals surface area contributed by atoms with Crippen molar-refractivity contribution in [3.05, 3.63) is 71.1 Å². The van der Waals surface area contributed by atoms with Gasteiger partial charge in [-0.15, -0.1) is 11.3 Å². The molecule has 0 aliphatic carbocycles. The summed E-state index contributed by atoms with van der Waals surface area (Å²) in [5.41, 5.74) is 2.82. The summed E-state index contributed by atoms with van der Waals surface area (Å²) in [5.74, 6) is -0.0554. The third-order valence-corrected chi connectivity index (χ3v) is 7.27. The normalized spacial score (nSPS) is 22.8. The van der Waals surface area contributed by atoms with Crippen molar-refractivity contribution >= 4 is 22.4 Å². The van der Waals surface area contributed by atoms with Crippen molar-refractivity contribution in [3.63, 3.8) is 0 Å². The molecular formula is C26H29N3O3S. The lowest BCUT2D eigenvalue weighted by Gasteiger charge is -2.29. The molecule has 2 saturated heterocycles. The van der Waals surface area contributed by atoms with Crippen molar-refractivity contribution in [3.8, 4) is 11.3 Å². The van der Waals surface area contributed by atoms with Crippen LogP contribution in [0.4, 0.5) is 5.13 Å². The van der Waals surface area contributed by atoms with Crippen molar-refractivity contribution in [2.24, 2.45) is 0 Å². The molecule has 172 valence electrons. The summed E-state index contributed by atoms with van der Waals surface area (Å²) in [6, 6.07) is 20.3. The molecule has 2 aliphatic heterocycles. The third kappa shape index (κ3) is 5.01. The number of hydrogen-bond donors (Lipinski definition) is 1. The van der Waals surface area contributed by atoms with Gasteiger partial charge in [0.2, 0.25) is 5.91 Å². The summed E-state index contributed by atoms with van der Waals surface area (Å²) in [4.78, 5) is 20.7. The van der Waals surface area contributed by atoms with Crippen molar-refractivity contribution in [1.82, 2.24) is 9.88 Å². The molecule has 3 aromatic rings. The van der Waals surface area contributed by atoms with Crippen LogP contribution < -0.4 is 5.32 Å². The molecule has 2 atom stereocenters. The number of aryl methyl sites for hydroxylation is 1. The van der Waals surface area contributed by atoms with E-state index >= 15 is 0 Å². The number of carbonyl (C=O) groups excluding carboxylic acids is 1. The highest BCUT2D eigenvalue weighted by Gasteiger charge is 2.50. The van der Waals surface area contributed by atoms with Crippen molar-refractivity contribution < 1.29 is 14.3 Å². The van der Waals surface area contributed by atoms with Crippen molar-refractivity contribution in [2.45, 2.75) is 38.1 Å². The highest BCUT2D eigenvalue weighted by Crippen LogP contribution is 2.37. The van der Waals surface area contributed by atoms with Gasteiger partial charge in [-0.1, -0.05) is 60.7 Å². The maximum Gasteiger partial charge on any atom is 0.240 e. The van der Waals surface area contributed by atoms with Gasteiger partial charge in [0.25, 0.3) is 0 Å². The van der Waals surface area contributed by atoms with E-state index in [9.17, 15) is 4.79 Å². The topological polar surface area (TPSA) is 63.7 Å². The Kier molecular flexibility index (Phi) is 6.55. The lowest BCUT2D eigenvalue weighted by molar-refractivity contribution is -0.117. The Balaban J connectivity index is 1.21. The molecule has 3 heterocycles. The quantitative estimate of drug-likeness (QED) is 0.559. The number of anilines is 1. The number of nitrogens with one attached hydrogen (secondary N) is 1. The Bertz CT molecular complexity index is 1080. The third-order valence-electron chi connectivity index (χ3n) is 6.39. The van der Waals surface area contributed by atoms with E-state index in [0.717, 1.165) is 41.1 Å². The number of benzene rings is 2. The number of ether oxygens (including phenoxy) is 2. The summed E-state index contributed by atoms with van der Waals surface area (Å²) >= 11 is 1.51. The van der Waals surface area contributed by atoms with Crippen LogP contribution in [0.5, 0.6) is 0 Å². The summed E-state index contributed by atoms with van der Waals surface area (Å²) < 4.78 is 12.5. The van der Waals surface area contributed by atoms with Gasteiger partial charge in [0.15, 0.2) is 5.13 Å². The lowest BCUT2D eigenvalue weighted by atomic mass is 9.96. The van der Waals surface area contributed by atoms with Gasteiger partial charge in [0.1, 0.15) is 11.7 Å². The molecule has 1 aromatic heterocycles. The number of likely N-dealkylation sites (tertiary alicyclic amines) is 1. The maximum atomic E-state index is 12.8. The minimum Gasteiger partial charge on any atom is -0.371 e. The van der Waals surface area contributed by atoms with Crippen molar-refractivity contribution in [1.29, 1.82) is 0 Å². The van der Waals surface area contributed by atoms with Gasteiger partial charge in [0, 0.05) is 30.1 Å². The Labute approximate surface area is 198 Å². The first-order chi connectivity index (χ1) is 16.1. The molecule has 1 spiro atoms. The fourth-order valence-electron chi connectivity index (χ4n) is 4.82. The highest BCUT2D eigenvalue weighted by atomic mass is 32.1. The molecular weight excluding hydrogens is 434 g/mol. The zero-order chi connectivity index (χ0) is 22.7. The van der Waals surface area contributed by atoms with Gasteiger partial charge in [-0.25, -0.2) is 4.98 Å². The second-order valence-corrected chi connectivity index (χ2v) is 10.0. The highest BCUT2D eigenvalue weighted by molar-refractivity contribution is 7.16. The molecule has 7 heteroatoms. The van der Waals surface area contributed by atoms with Crippen LogP contribution in [-0.2, 0) is 20.9 Å². The largest absolute Gasteiger partial charge is 0.371 e. The first kappa shape index (κ1) is 22.2. The standard InChI is InChI=1S/C26H29N3O3S/c1-19-24(21-11-6-3-7-12-21)28-25(33-19)27-23(30)16-29-15-22(26(18-29)13-8-14-32-26)31-17-20-9-4-2-5-10-20/h2-7,9-12,22H,8,13-18H2,1H3,(H,27,28,30)/t22-,26-/m0/s1. The van der Waals surface area contributed by atoms with Gasteiger partial charge in [0.05, 0.1) is 18.8 Å². The first-order valence-corrected chi connectivity index (χ1v) is 12.3. The Hall–Kier alpha value is -2.58. The molecule has 5 rings (SSSR count). The Morgan fingerprint density at radius 2 is 1.97 bits per heavy atom. The Morgan fingerprint density at radius 1 is 1.21 bits per heavy atom. The predicted octanol–water partition coefficient (Wildman–Crippen LogP) is 4.51. The van der Waals surface area contributed by atoms with E-state index in [1.165, 1.54) is 11.3 Å². The van der Waals surface area contributed by atoms with Gasteiger partial charge in [-0.3, -0.25) is 9.69 Å². The second kappa shape index (κ2) is 9.73. The Morgan fingerprint density at radius 3 is 2.70 bits per heavy atom. The number of carbonyl (C=O) groups is 1. The maximum absolute atomic E-state index is 12.8. The van der Waals surface area contributed by atoms with Crippen molar-refractivity contribution in [2.75, 3.05) is 31.6 Å². The number of aromatic nitrogens is 1. The fourth-order valence-corrected chi connectivity index (χ4v) is 5.67. The monoisotopic (exact) mass is 463 g/mol. The van der Waals surface area contributed by atoms with E-state index in [2.05, 4.69) is 27.3 Å². The average Bonchev–Trinajstić information content (AvgIpc) is 3.53. The molecule has 6 nitrogen and oxygen atoms in total. The minimum atomic E-state index is -0.312. The lowest BCUT2D eigenvalue weighted by Crippen LogP contribution is -2.42. The van der Waals surface area contributed by atoms with Crippen LogP contribution in [0, 0.1) is 6.92 Å². The molecule has 0 radical (unpaired) electrons. The van der Waals surface area contributed by atoms with Crippen LogP contribution in [0.2, 0.25) is 0 Å². The predicted molar refractivity (Wildman–Crippen MR) is 130 cm³/mol. The molecule has 1 amide bonds. The van der Waals surface area contributed by atoms with E-state index in [0.29, 0.717) is 31.4 Å². The van der Waals surface area contributed by atoms with Crippen LogP contribution in [0.15, 0.2) is 60.7 Å². The van der Waals surface area contributed by atoms with E-state index in [4.69, 9.17) is 9.47 Å². The summed E-state index contributed by atoms with van der Waals surface area (Å²) in [6.07, 6.45) is 1.96.